The third-order valence-electron chi connectivity index (χ3n) is 3.21. The molecule has 0 aliphatic carbocycles. The minimum Gasteiger partial charge on any atom is -0.374 e. The van der Waals surface area contributed by atoms with Crippen molar-refractivity contribution in [3.8, 4) is 0 Å². The first-order chi connectivity index (χ1) is 7.17. The molecule has 1 atom stereocenters. The number of rotatable bonds is 5. The van der Waals surface area contributed by atoms with Crippen molar-refractivity contribution in [2.45, 2.75) is 40.2 Å². The zero-order chi connectivity index (χ0) is 11.3. The summed E-state index contributed by atoms with van der Waals surface area (Å²) in [6, 6.07) is 0. The summed E-state index contributed by atoms with van der Waals surface area (Å²) in [6.07, 6.45) is 3.81. The lowest BCUT2D eigenvalue weighted by atomic mass is 9.96. The van der Waals surface area contributed by atoms with Crippen LogP contribution in [0.5, 0.6) is 0 Å². The van der Waals surface area contributed by atoms with E-state index < -0.39 is 0 Å². The highest BCUT2D eigenvalue weighted by Crippen LogP contribution is 2.21. The van der Waals surface area contributed by atoms with E-state index in [-0.39, 0.29) is 0 Å². The Morgan fingerprint density at radius 1 is 1.40 bits per heavy atom. The van der Waals surface area contributed by atoms with Crippen molar-refractivity contribution in [1.82, 2.24) is 4.90 Å². The van der Waals surface area contributed by atoms with E-state index in [4.69, 9.17) is 4.74 Å². The van der Waals surface area contributed by atoms with Crippen LogP contribution < -0.4 is 0 Å². The van der Waals surface area contributed by atoms with Crippen molar-refractivity contribution < 1.29 is 4.74 Å². The third kappa shape index (κ3) is 3.96. The summed E-state index contributed by atoms with van der Waals surface area (Å²) in [5.74, 6) is 0.630. The van der Waals surface area contributed by atoms with Gasteiger partial charge < -0.3 is 4.74 Å². The minimum absolute atomic E-state index is 0.431. The van der Waals surface area contributed by atoms with Crippen LogP contribution in [0.25, 0.3) is 0 Å². The Balaban J connectivity index is 2.45. The molecule has 1 rings (SSSR count). The second-order valence-corrected chi connectivity index (χ2v) is 4.64. The largest absolute Gasteiger partial charge is 0.374 e. The molecule has 2 heteroatoms. The highest BCUT2D eigenvalue weighted by Gasteiger charge is 2.19. The zero-order valence-corrected chi connectivity index (χ0v) is 10.6. The predicted molar refractivity (Wildman–Crippen MR) is 65.1 cm³/mol. The lowest BCUT2D eigenvalue weighted by molar-refractivity contribution is 0.0297. The first kappa shape index (κ1) is 12.7. The molecule has 0 bridgehead atoms. The number of likely N-dealkylation sites (N-methyl/N-ethyl adjacent to an activating group) is 1. The second kappa shape index (κ2) is 6.29. The summed E-state index contributed by atoms with van der Waals surface area (Å²) >= 11 is 0. The summed E-state index contributed by atoms with van der Waals surface area (Å²) in [7, 11) is 0. The standard InChI is InChI=1S/C13H25NO/c1-5-14(6-2)10-12-7-8-15-13(9-12)11(3)4/h7,11,13H,5-6,8-10H2,1-4H3. The van der Waals surface area contributed by atoms with Gasteiger partial charge in [0.15, 0.2) is 0 Å². The van der Waals surface area contributed by atoms with Crippen molar-refractivity contribution in [2.24, 2.45) is 5.92 Å². The van der Waals surface area contributed by atoms with Gasteiger partial charge in [0.05, 0.1) is 12.7 Å². The molecular formula is C13H25NO. The van der Waals surface area contributed by atoms with Gasteiger partial charge in [-0.1, -0.05) is 39.3 Å². The molecule has 0 radical (unpaired) electrons. The van der Waals surface area contributed by atoms with Gasteiger partial charge >= 0.3 is 0 Å². The van der Waals surface area contributed by atoms with Crippen LogP contribution >= 0.6 is 0 Å². The topological polar surface area (TPSA) is 12.5 Å². The molecule has 0 fully saturated rings. The fourth-order valence-corrected chi connectivity index (χ4v) is 1.98. The molecule has 1 unspecified atom stereocenters. The molecule has 1 aliphatic heterocycles. The van der Waals surface area contributed by atoms with Crippen LogP contribution in [0.4, 0.5) is 0 Å². The summed E-state index contributed by atoms with van der Waals surface area (Å²) in [5.41, 5.74) is 1.56. The fourth-order valence-electron chi connectivity index (χ4n) is 1.98. The molecule has 15 heavy (non-hydrogen) atoms. The Labute approximate surface area is 94.3 Å². The molecule has 0 saturated heterocycles. The van der Waals surface area contributed by atoms with Gasteiger partial charge in [-0.05, 0) is 25.4 Å². The van der Waals surface area contributed by atoms with E-state index >= 15 is 0 Å². The third-order valence-corrected chi connectivity index (χ3v) is 3.21. The van der Waals surface area contributed by atoms with E-state index in [1.807, 2.05) is 0 Å². The van der Waals surface area contributed by atoms with Gasteiger partial charge in [-0.25, -0.2) is 0 Å². The molecule has 0 spiro atoms. The van der Waals surface area contributed by atoms with Crippen LogP contribution in [0, 0.1) is 5.92 Å². The van der Waals surface area contributed by atoms with E-state index in [2.05, 4.69) is 38.7 Å². The van der Waals surface area contributed by atoms with Gasteiger partial charge in [-0.2, -0.15) is 0 Å². The molecule has 0 N–H and O–H groups in total. The Morgan fingerprint density at radius 2 is 2.07 bits per heavy atom. The van der Waals surface area contributed by atoms with Crippen molar-refractivity contribution in [3.05, 3.63) is 11.6 Å². The molecule has 0 saturated carbocycles. The van der Waals surface area contributed by atoms with E-state index in [0.717, 1.165) is 32.7 Å². The van der Waals surface area contributed by atoms with E-state index in [1.54, 1.807) is 5.57 Å². The average Bonchev–Trinajstić information content (AvgIpc) is 2.26. The normalized spacial score (nSPS) is 22.3. The average molecular weight is 211 g/mol. The van der Waals surface area contributed by atoms with Gasteiger partial charge in [0.25, 0.3) is 0 Å². The fraction of sp³-hybridized carbons (Fsp3) is 0.846. The van der Waals surface area contributed by atoms with Crippen molar-refractivity contribution in [1.29, 1.82) is 0 Å². The van der Waals surface area contributed by atoms with Crippen LogP contribution in [-0.4, -0.2) is 37.2 Å². The highest BCUT2D eigenvalue weighted by atomic mass is 16.5. The Bertz CT molecular complexity index is 207. The predicted octanol–water partition coefficient (Wildman–Crippen LogP) is 2.70. The van der Waals surface area contributed by atoms with Gasteiger partial charge in [0.2, 0.25) is 0 Å². The second-order valence-electron chi connectivity index (χ2n) is 4.64. The van der Waals surface area contributed by atoms with Crippen LogP contribution in [0.1, 0.15) is 34.1 Å². The summed E-state index contributed by atoms with van der Waals surface area (Å²) in [4.78, 5) is 2.47. The number of ether oxygens (including phenoxy) is 1. The van der Waals surface area contributed by atoms with Crippen LogP contribution in [0.15, 0.2) is 11.6 Å². The molecule has 0 aromatic heterocycles. The minimum atomic E-state index is 0.431. The van der Waals surface area contributed by atoms with Gasteiger partial charge in [-0.15, -0.1) is 0 Å². The van der Waals surface area contributed by atoms with Crippen LogP contribution in [-0.2, 0) is 4.74 Å². The maximum absolute atomic E-state index is 5.72. The molecule has 1 heterocycles. The summed E-state index contributed by atoms with van der Waals surface area (Å²) < 4.78 is 5.72. The van der Waals surface area contributed by atoms with E-state index in [1.165, 1.54) is 0 Å². The number of hydrogen-bond donors (Lipinski definition) is 0. The quantitative estimate of drug-likeness (QED) is 0.648. The van der Waals surface area contributed by atoms with E-state index in [0.29, 0.717) is 12.0 Å². The van der Waals surface area contributed by atoms with Gasteiger partial charge in [0, 0.05) is 6.54 Å². The lowest BCUT2D eigenvalue weighted by Gasteiger charge is -2.29. The molecule has 88 valence electrons. The maximum Gasteiger partial charge on any atom is 0.0654 e. The van der Waals surface area contributed by atoms with E-state index in [9.17, 15) is 0 Å². The number of nitrogens with zero attached hydrogens (tertiary/aromatic N) is 1. The van der Waals surface area contributed by atoms with Gasteiger partial charge in [0.1, 0.15) is 0 Å². The smallest absolute Gasteiger partial charge is 0.0654 e. The molecule has 0 amide bonds. The molecule has 2 nitrogen and oxygen atoms in total. The Kier molecular flexibility index (Phi) is 5.34. The van der Waals surface area contributed by atoms with Crippen LogP contribution in [0.2, 0.25) is 0 Å². The molecule has 0 aromatic carbocycles. The van der Waals surface area contributed by atoms with Crippen molar-refractivity contribution in [2.75, 3.05) is 26.2 Å². The number of hydrogen-bond acceptors (Lipinski definition) is 2. The SMILES string of the molecule is CCN(CC)CC1=CCOC(C(C)C)C1. The molecule has 1 aliphatic rings. The van der Waals surface area contributed by atoms with Crippen molar-refractivity contribution >= 4 is 0 Å². The first-order valence-electron chi connectivity index (χ1n) is 6.19. The molecular weight excluding hydrogens is 186 g/mol. The summed E-state index contributed by atoms with van der Waals surface area (Å²) in [6.45, 7) is 13.1. The summed E-state index contributed by atoms with van der Waals surface area (Å²) in [5, 5.41) is 0. The maximum atomic E-state index is 5.72. The Hall–Kier alpha value is -0.340. The monoisotopic (exact) mass is 211 g/mol. The zero-order valence-electron chi connectivity index (χ0n) is 10.6. The lowest BCUT2D eigenvalue weighted by Crippen LogP contribution is -2.31. The van der Waals surface area contributed by atoms with Gasteiger partial charge in [-0.3, -0.25) is 4.90 Å². The van der Waals surface area contributed by atoms with Crippen molar-refractivity contribution in [3.63, 3.8) is 0 Å². The highest BCUT2D eigenvalue weighted by molar-refractivity contribution is 5.09. The Morgan fingerprint density at radius 3 is 2.60 bits per heavy atom. The van der Waals surface area contributed by atoms with Crippen LogP contribution in [0.3, 0.4) is 0 Å². The molecule has 0 aromatic rings. The first-order valence-corrected chi connectivity index (χ1v) is 6.19.